The van der Waals surface area contributed by atoms with E-state index in [4.69, 9.17) is 0 Å². The lowest BCUT2D eigenvalue weighted by Crippen LogP contribution is -2.34. The quantitative estimate of drug-likeness (QED) is 0.830. The lowest BCUT2D eigenvalue weighted by atomic mass is 10.2. The van der Waals surface area contributed by atoms with E-state index < -0.39 is 0 Å². The first kappa shape index (κ1) is 13.3. The van der Waals surface area contributed by atoms with Gasteiger partial charge in [0.05, 0.1) is 11.3 Å². The first-order valence-corrected chi connectivity index (χ1v) is 6.46. The summed E-state index contributed by atoms with van der Waals surface area (Å²) >= 11 is 0. The number of carbonyl (C=O) groups is 2. The van der Waals surface area contributed by atoms with Crippen LogP contribution in [0.25, 0.3) is 0 Å². The van der Waals surface area contributed by atoms with Gasteiger partial charge in [-0.25, -0.2) is 0 Å². The van der Waals surface area contributed by atoms with Crippen molar-refractivity contribution in [2.24, 2.45) is 0 Å². The Hall–Kier alpha value is -2.11. The molecule has 1 aromatic heterocycles. The molecule has 2 heterocycles. The molecule has 19 heavy (non-hydrogen) atoms. The minimum absolute atomic E-state index is 0.00612. The van der Waals surface area contributed by atoms with Crippen LogP contribution in [0.15, 0.2) is 18.5 Å². The molecule has 2 rings (SSSR count). The fraction of sp³-hybridized carbons (Fsp3) is 0.462. The van der Waals surface area contributed by atoms with Crippen molar-refractivity contribution in [3.63, 3.8) is 0 Å². The van der Waals surface area contributed by atoms with E-state index in [2.05, 4.69) is 15.6 Å². The molecule has 1 fully saturated rings. The molecule has 0 spiro atoms. The normalized spacial score (nSPS) is 15.6. The molecule has 1 aliphatic rings. The van der Waals surface area contributed by atoms with Gasteiger partial charge in [-0.2, -0.15) is 0 Å². The summed E-state index contributed by atoms with van der Waals surface area (Å²) < 4.78 is 0. The van der Waals surface area contributed by atoms with Crippen LogP contribution in [-0.2, 0) is 4.79 Å². The highest BCUT2D eigenvalue weighted by Gasteiger charge is 2.21. The molecule has 0 unspecified atom stereocenters. The highest BCUT2D eigenvalue weighted by atomic mass is 16.2. The third-order valence-corrected chi connectivity index (χ3v) is 3.02. The van der Waals surface area contributed by atoms with Gasteiger partial charge in [-0.15, -0.1) is 0 Å². The van der Waals surface area contributed by atoms with E-state index in [9.17, 15) is 9.59 Å². The van der Waals surface area contributed by atoms with E-state index in [0.29, 0.717) is 31.6 Å². The minimum atomic E-state index is -0.0828. The Morgan fingerprint density at radius 1 is 1.53 bits per heavy atom. The summed E-state index contributed by atoms with van der Waals surface area (Å²) in [6.45, 7) is 4.20. The van der Waals surface area contributed by atoms with E-state index in [1.54, 1.807) is 23.4 Å². The maximum Gasteiger partial charge on any atom is 0.257 e. The zero-order valence-corrected chi connectivity index (χ0v) is 11.0. The Bertz CT molecular complexity index is 475. The van der Waals surface area contributed by atoms with Crippen LogP contribution in [0, 0.1) is 0 Å². The number of aromatic nitrogens is 1. The van der Waals surface area contributed by atoms with Gasteiger partial charge in [0.2, 0.25) is 5.91 Å². The second kappa shape index (κ2) is 6.17. The van der Waals surface area contributed by atoms with Gasteiger partial charge in [0, 0.05) is 45.0 Å². The number of hydrogen-bond acceptors (Lipinski definition) is 4. The Labute approximate surface area is 112 Å². The first-order chi connectivity index (χ1) is 9.22. The molecule has 6 heteroatoms. The SMILES string of the molecule is CCNc1ccncc1C(=O)N1CCNC(=O)CC1. The Kier molecular flexibility index (Phi) is 4.33. The molecule has 0 bridgehead atoms. The predicted molar refractivity (Wildman–Crippen MR) is 71.9 cm³/mol. The summed E-state index contributed by atoms with van der Waals surface area (Å²) in [6.07, 6.45) is 3.57. The molecule has 0 aromatic carbocycles. The standard InChI is InChI=1S/C13H18N4O2/c1-2-15-11-3-5-14-9-10(11)13(19)17-7-4-12(18)16-6-8-17/h3,5,9H,2,4,6-8H2,1H3,(H,14,15)(H,16,18). The van der Waals surface area contributed by atoms with E-state index in [1.807, 2.05) is 6.92 Å². The molecule has 1 aliphatic heterocycles. The molecule has 1 aromatic rings. The number of nitrogens with zero attached hydrogens (tertiary/aromatic N) is 2. The monoisotopic (exact) mass is 262 g/mol. The molecule has 0 radical (unpaired) electrons. The van der Waals surface area contributed by atoms with Crippen LogP contribution < -0.4 is 10.6 Å². The van der Waals surface area contributed by atoms with Gasteiger partial charge in [0.1, 0.15) is 0 Å². The number of hydrogen-bond donors (Lipinski definition) is 2. The van der Waals surface area contributed by atoms with Gasteiger partial charge >= 0.3 is 0 Å². The van der Waals surface area contributed by atoms with Crippen molar-refractivity contribution in [1.82, 2.24) is 15.2 Å². The van der Waals surface area contributed by atoms with Gasteiger partial charge in [-0.05, 0) is 13.0 Å². The molecular weight excluding hydrogens is 244 g/mol. The van der Waals surface area contributed by atoms with Gasteiger partial charge in [0.25, 0.3) is 5.91 Å². The number of rotatable bonds is 3. The summed E-state index contributed by atoms with van der Waals surface area (Å²) in [6, 6.07) is 1.79. The van der Waals surface area contributed by atoms with Crippen LogP contribution in [0.2, 0.25) is 0 Å². The minimum Gasteiger partial charge on any atom is -0.385 e. The third kappa shape index (κ3) is 3.21. The van der Waals surface area contributed by atoms with Crippen LogP contribution in [-0.4, -0.2) is 47.9 Å². The molecule has 6 nitrogen and oxygen atoms in total. The molecule has 0 aliphatic carbocycles. The molecule has 2 N–H and O–H groups in total. The summed E-state index contributed by atoms with van der Waals surface area (Å²) in [5.74, 6) is -0.0889. The van der Waals surface area contributed by atoms with E-state index in [0.717, 1.165) is 12.2 Å². The van der Waals surface area contributed by atoms with Crippen LogP contribution in [0.3, 0.4) is 0 Å². The summed E-state index contributed by atoms with van der Waals surface area (Å²) in [4.78, 5) is 29.4. The smallest absolute Gasteiger partial charge is 0.257 e. The van der Waals surface area contributed by atoms with Crippen molar-refractivity contribution in [3.05, 3.63) is 24.0 Å². The Balaban J connectivity index is 2.16. The predicted octanol–water partition coefficient (Wildman–Crippen LogP) is 0.475. The lowest BCUT2D eigenvalue weighted by molar-refractivity contribution is -0.120. The maximum absolute atomic E-state index is 12.5. The third-order valence-electron chi connectivity index (χ3n) is 3.02. The lowest BCUT2D eigenvalue weighted by Gasteiger charge is -2.21. The van der Waals surface area contributed by atoms with Gasteiger partial charge in [-0.3, -0.25) is 14.6 Å². The molecule has 0 atom stereocenters. The molecule has 2 amide bonds. The highest BCUT2D eigenvalue weighted by Crippen LogP contribution is 2.16. The van der Waals surface area contributed by atoms with Crippen LogP contribution in [0.4, 0.5) is 5.69 Å². The largest absolute Gasteiger partial charge is 0.385 e. The summed E-state index contributed by atoms with van der Waals surface area (Å²) in [7, 11) is 0. The number of nitrogens with one attached hydrogen (secondary N) is 2. The number of amides is 2. The van der Waals surface area contributed by atoms with Crippen LogP contribution >= 0.6 is 0 Å². The molecule has 102 valence electrons. The zero-order chi connectivity index (χ0) is 13.7. The second-order valence-corrected chi connectivity index (χ2v) is 4.34. The fourth-order valence-corrected chi connectivity index (χ4v) is 2.05. The maximum atomic E-state index is 12.5. The van der Waals surface area contributed by atoms with Crippen molar-refractivity contribution in [3.8, 4) is 0 Å². The first-order valence-electron chi connectivity index (χ1n) is 6.46. The van der Waals surface area contributed by atoms with E-state index in [1.165, 1.54) is 0 Å². The van der Waals surface area contributed by atoms with Crippen molar-refractivity contribution < 1.29 is 9.59 Å². The van der Waals surface area contributed by atoms with Crippen molar-refractivity contribution in [2.75, 3.05) is 31.5 Å². The topological polar surface area (TPSA) is 74.3 Å². The van der Waals surface area contributed by atoms with Crippen LogP contribution in [0.1, 0.15) is 23.7 Å². The highest BCUT2D eigenvalue weighted by molar-refractivity contribution is 5.99. The summed E-state index contributed by atoms with van der Waals surface area (Å²) in [5, 5.41) is 5.91. The van der Waals surface area contributed by atoms with Gasteiger partial charge in [-0.1, -0.05) is 0 Å². The average molecular weight is 262 g/mol. The second-order valence-electron chi connectivity index (χ2n) is 4.34. The zero-order valence-electron chi connectivity index (χ0n) is 11.0. The van der Waals surface area contributed by atoms with Gasteiger partial charge < -0.3 is 15.5 Å². The van der Waals surface area contributed by atoms with Crippen molar-refractivity contribution in [1.29, 1.82) is 0 Å². The van der Waals surface area contributed by atoms with Crippen molar-refractivity contribution >= 4 is 17.5 Å². The fourth-order valence-electron chi connectivity index (χ4n) is 2.05. The summed E-state index contributed by atoms with van der Waals surface area (Å²) in [5.41, 5.74) is 1.34. The van der Waals surface area contributed by atoms with Gasteiger partial charge in [0.15, 0.2) is 0 Å². The molecule has 0 saturated carbocycles. The Morgan fingerprint density at radius 3 is 3.16 bits per heavy atom. The van der Waals surface area contributed by atoms with E-state index in [-0.39, 0.29) is 11.8 Å². The number of carbonyl (C=O) groups excluding carboxylic acids is 2. The molecular formula is C13H18N4O2. The van der Waals surface area contributed by atoms with Crippen molar-refractivity contribution in [2.45, 2.75) is 13.3 Å². The van der Waals surface area contributed by atoms with E-state index >= 15 is 0 Å². The average Bonchev–Trinajstić information content (AvgIpc) is 2.64. The molecule has 1 saturated heterocycles. The Morgan fingerprint density at radius 2 is 2.37 bits per heavy atom. The number of anilines is 1. The van der Waals surface area contributed by atoms with Crippen LogP contribution in [0.5, 0.6) is 0 Å². The number of pyridine rings is 1.